The second-order valence-corrected chi connectivity index (χ2v) is 9.85. The van der Waals surface area contributed by atoms with E-state index in [1.54, 1.807) is 0 Å². The van der Waals surface area contributed by atoms with Crippen molar-refractivity contribution in [2.45, 2.75) is 51.7 Å². The number of carbonyl (C=O) groups excluding carboxylic acids is 2. The molecule has 1 aromatic rings. The molecule has 1 N–H and O–H groups in total. The number of allylic oxidation sites excluding steroid dienone is 3. The van der Waals surface area contributed by atoms with Crippen LogP contribution in [0.15, 0.2) is 54.6 Å². The first-order chi connectivity index (χ1) is 14.3. The number of rotatable bonds is 2. The van der Waals surface area contributed by atoms with Crippen molar-refractivity contribution in [1.82, 2.24) is 10.2 Å². The highest BCUT2D eigenvalue weighted by Crippen LogP contribution is 2.55. The fourth-order valence-corrected chi connectivity index (χ4v) is 5.32. The number of fused-ring (bicyclic) bond motifs is 2. The summed E-state index contributed by atoms with van der Waals surface area (Å²) < 4.78 is 5.56. The van der Waals surface area contributed by atoms with E-state index in [0.29, 0.717) is 30.5 Å². The van der Waals surface area contributed by atoms with Crippen LogP contribution in [0.4, 0.5) is 4.79 Å². The lowest BCUT2D eigenvalue weighted by atomic mass is 9.68. The van der Waals surface area contributed by atoms with Gasteiger partial charge < -0.3 is 15.0 Å². The van der Waals surface area contributed by atoms with Crippen molar-refractivity contribution in [3.63, 3.8) is 0 Å². The number of ether oxygens (including phenoxy) is 1. The van der Waals surface area contributed by atoms with Gasteiger partial charge in [-0.2, -0.15) is 0 Å². The summed E-state index contributed by atoms with van der Waals surface area (Å²) in [4.78, 5) is 27.1. The predicted octanol–water partition coefficient (Wildman–Crippen LogP) is 4.56. The summed E-state index contributed by atoms with van der Waals surface area (Å²) in [6, 6.07) is 9.52. The van der Waals surface area contributed by atoms with E-state index in [4.69, 9.17) is 4.74 Å². The summed E-state index contributed by atoms with van der Waals surface area (Å²) >= 11 is 0. The fraction of sp³-hybridized carbons (Fsp3) is 0.520. The molecule has 3 aliphatic rings. The summed E-state index contributed by atoms with van der Waals surface area (Å²) in [5, 5.41) is 3.30. The quantitative estimate of drug-likeness (QED) is 0.780. The molecule has 0 bridgehead atoms. The fourth-order valence-electron chi connectivity index (χ4n) is 5.32. The summed E-state index contributed by atoms with van der Waals surface area (Å²) in [6.45, 7) is 7.11. The predicted molar refractivity (Wildman–Crippen MR) is 117 cm³/mol. The Morgan fingerprint density at radius 3 is 2.40 bits per heavy atom. The Bertz CT molecular complexity index is 845. The van der Waals surface area contributed by atoms with Crippen LogP contribution in [-0.4, -0.2) is 41.6 Å². The van der Waals surface area contributed by atoms with Crippen LogP contribution in [-0.2, 0) is 4.74 Å². The van der Waals surface area contributed by atoms with E-state index in [9.17, 15) is 9.59 Å². The number of hydrogen-bond acceptors (Lipinski definition) is 3. The van der Waals surface area contributed by atoms with E-state index < -0.39 is 5.60 Å². The maximum atomic E-state index is 12.8. The van der Waals surface area contributed by atoms with E-state index in [2.05, 4.69) is 29.6 Å². The first kappa shape index (κ1) is 20.7. The lowest BCUT2D eigenvalue weighted by molar-refractivity contribution is 0.00621. The highest BCUT2D eigenvalue weighted by molar-refractivity contribution is 5.94. The zero-order valence-electron chi connectivity index (χ0n) is 18.1. The van der Waals surface area contributed by atoms with Gasteiger partial charge in [-0.1, -0.05) is 42.5 Å². The van der Waals surface area contributed by atoms with E-state index >= 15 is 0 Å². The SMILES string of the molecule is CC(C)(C)OC(=O)N1CCC2(CC1)C[C@H](NC(=O)c1ccccc1)C1C=CC=CC12. The third-order valence-corrected chi connectivity index (χ3v) is 6.74. The molecule has 5 nitrogen and oxygen atoms in total. The largest absolute Gasteiger partial charge is 0.444 e. The van der Waals surface area contributed by atoms with Crippen molar-refractivity contribution in [2.24, 2.45) is 17.3 Å². The van der Waals surface area contributed by atoms with Crippen molar-refractivity contribution in [2.75, 3.05) is 13.1 Å². The summed E-state index contributed by atoms with van der Waals surface area (Å²) in [5.41, 5.74) is 0.332. The molecule has 1 spiro atoms. The molecule has 2 aliphatic carbocycles. The molecule has 1 aliphatic heterocycles. The maximum absolute atomic E-state index is 12.8. The molecule has 1 saturated carbocycles. The van der Waals surface area contributed by atoms with E-state index in [1.807, 2.05) is 56.0 Å². The Balaban J connectivity index is 1.46. The van der Waals surface area contributed by atoms with Crippen LogP contribution in [0.3, 0.4) is 0 Å². The first-order valence-electron chi connectivity index (χ1n) is 11.0. The average molecular weight is 409 g/mol. The topological polar surface area (TPSA) is 58.6 Å². The number of amides is 2. The highest BCUT2D eigenvalue weighted by Gasteiger charge is 2.53. The second kappa shape index (κ2) is 7.93. The molecule has 4 rings (SSSR count). The van der Waals surface area contributed by atoms with Crippen LogP contribution in [0.1, 0.15) is 50.4 Å². The summed E-state index contributed by atoms with van der Waals surface area (Å²) in [5.74, 6) is 0.686. The van der Waals surface area contributed by atoms with Gasteiger partial charge in [0.15, 0.2) is 0 Å². The van der Waals surface area contributed by atoms with Crippen LogP contribution in [0, 0.1) is 17.3 Å². The van der Waals surface area contributed by atoms with Crippen molar-refractivity contribution in [1.29, 1.82) is 0 Å². The smallest absolute Gasteiger partial charge is 0.410 e. The minimum absolute atomic E-state index is 0.00876. The summed E-state index contributed by atoms with van der Waals surface area (Å²) in [6.07, 6.45) is 11.4. The minimum atomic E-state index is -0.478. The number of piperidine rings is 1. The van der Waals surface area contributed by atoms with Gasteiger partial charge >= 0.3 is 6.09 Å². The Morgan fingerprint density at radius 2 is 1.73 bits per heavy atom. The lowest BCUT2D eigenvalue weighted by Crippen LogP contribution is -2.46. The van der Waals surface area contributed by atoms with Gasteiger partial charge in [-0.25, -0.2) is 4.79 Å². The van der Waals surface area contributed by atoms with Gasteiger partial charge in [0.05, 0.1) is 0 Å². The Morgan fingerprint density at radius 1 is 1.07 bits per heavy atom. The molecule has 0 aromatic heterocycles. The van der Waals surface area contributed by atoms with Crippen LogP contribution in [0.2, 0.25) is 0 Å². The van der Waals surface area contributed by atoms with Gasteiger partial charge in [0.1, 0.15) is 5.60 Å². The Kier molecular flexibility index (Phi) is 5.48. The molecule has 0 radical (unpaired) electrons. The van der Waals surface area contributed by atoms with Gasteiger partial charge in [-0.3, -0.25) is 4.79 Å². The molecule has 1 aromatic carbocycles. The van der Waals surface area contributed by atoms with Crippen LogP contribution in [0.5, 0.6) is 0 Å². The van der Waals surface area contributed by atoms with Crippen molar-refractivity contribution >= 4 is 12.0 Å². The highest BCUT2D eigenvalue weighted by atomic mass is 16.6. The van der Waals surface area contributed by atoms with Gasteiger partial charge in [0, 0.05) is 30.6 Å². The maximum Gasteiger partial charge on any atom is 0.410 e. The van der Waals surface area contributed by atoms with E-state index in [0.717, 1.165) is 19.3 Å². The monoisotopic (exact) mass is 408 g/mol. The molecule has 2 unspecified atom stereocenters. The van der Waals surface area contributed by atoms with Gasteiger partial charge in [0.2, 0.25) is 0 Å². The standard InChI is InChI=1S/C25H32N2O3/c1-24(2,3)30-23(29)27-15-13-25(14-16-27)17-21(19-11-7-8-12-20(19)25)26-22(28)18-9-5-4-6-10-18/h4-12,19-21H,13-17H2,1-3H3,(H,26,28)/t19?,20?,21-/m0/s1. The molecule has 30 heavy (non-hydrogen) atoms. The molecule has 5 heteroatoms. The normalized spacial score (nSPS) is 27.0. The number of carbonyl (C=O) groups is 2. The van der Waals surface area contributed by atoms with Crippen molar-refractivity contribution < 1.29 is 14.3 Å². The first-order valence-corrected chi connectivity index (χ1v) is 11.0. The number of hydrogen-bond donors (Lipinski definition) is 1. The van der Waals surface area contributed by atoms with Crippen molar-refractivity contribution in [3.05, 3.63) is 60.2 Å². The number of nitrogens with one attached hydrogen (secondary N) is 1. The van der Waals surface area contributed by atoms with Gasteiger partial charge in [-0.15, -0.1) is 0 Å². The van der Waals surface area contributed by atoms with Crippen LogP contribution >= 0.6 is 0 Å². The number of benzene rings is 1. The Hall–Kier alpha value is -2.56. The number of likely N-dealkylation sites (tertiary alicyclic amines) is 1. The molecule has 3 atom stereocenters. The zero-order valence-corrected chi connectivity index (χ0v) is 18.1. The molecule has 1 heterocycles. The Labute approximate surface area is 179 Å². The second-order valence-electron chi connectivity index (χ2n) is 9.85. The third kappa shape index (κ3) is 4.16. The van der Waals surface area contributed by atoms with E-state index in [-0.39, 0.29) is 23.5 Å². The zero-order chi connectivity index (χ0) is 21.4. The molecular formula is C25H32N2O3. The van der Waals surface area contributed by atoms with Crippen LogP contribution < -0.4 is 5.32 Å². The molecule has 1 saturated heterocycles. The molecule has 2 amide bonds. The van der Waals surface area contributed by atoms with E-state index in [1.165, 1.54) is 0 Å². The molecule has 160 valence electrons. The number of nitrogens with zero attached hydrogens (tertiary/aromatic N) is 1. The lowest BCUT2D eigenvalue weighted by Gasteiger charge is -2.43. The van der Waals surface area contributed by atoms with Gasteiger partial charge in [0.25, 0.3) is 5.91 Å². The van der Waals surface area contributed by atoms with Crippen molar-refractivity contribution in [3.8, 4) is 0 Å². The van der Waals surface area contributed by atoms with Crippen LogP contribution in [0.25, 0.3) is 0 Å². The molecular weight excluding hydrogens is 376 g/mol. The average Bonchev–Trinajstić information content (AvgIpc) is 3.01. The summed E-state index contributed by atoms with van der Waals surface area (Å²) in [7, 11) is 0. The molecule has 2 fully saturated rings. The van der Waals surface area contributed by atoms with Gasteiger partial charge in [-0.05, 0) is 63.5 Å². The minimum Gasteiger partial charge on any atom is -0.444 e. The third-order valence-electron chi connectivity index (χ3n) is 6.74.